The van der Waals surface area contributed by atoms with Crippen LogP contribution in [0.3, 0.4) is 0 Å². The molecule has 8 heteroatoms. The second-order valence-corrected chi connectivity index (χ2v) is 9.03. The van der Waals surface area contributed by atoms with Crippen molar-refractivity contribution in [3.63, 3.8) is 0 Å². The van der Waals surface area contributed by atoms with Gasteiger partial charge in [-0.15, -0.1) is 0 Å². The third-order valence-corrected chi connectivity index (χ3v) is 5.97. The van der Waals surface area contributed by atoms with Crippen molar-refractivity contribution < 1.29 is 0 Å². The highest BCUT2D eigenvalue weighted by atomic mass is 32.1. The van der Waals surface area contributed by atoms with E-state index >= 15 is 0 Å². The van der Waals surface area contributed by atoms with E-state index < -0.39 is 0 Å². The van der Waals surface area contributed by atoms with Crippen molar-refractivity contribution in [3.8, 4) is 0 Å². The fourth-order valence-corrected chi connectivity index (χ4v) is 4.59. The molecule has 2 N–H and O–H groups in total. The minimum Gasteiger partial charge on any atom is -0.358 e. The van der Waals surface area contributed by atoms with Gasteiger partial charge in [-0.2, -0.15) is 9.97 Å². The van der Waals surface area contributed by atoms with E-state index in [1.165, 1.54) is 19.3 Å². The number of nitrogens with one attached hydrogen (secondary N) is 2. The van der Waals surface area contributed by atoms with Crippen LogP contribution in [0.15, 0.2) is 30.6 Å². The summed E-state index contributed by atoms with van der Waals surface area (Å²) in [7, 11) is 0. The third-order valence-electron chi connectivity index (χ3n) is 5.72. The fourth-order valence-electron chi connectivity index (χ4n) is 4.43. The normalized spacial score (nSPS) is 21.5. The molecule has 4 heterocycles. The highest BCUT2D eigenvalue weighted by Gasteiger charge is 2.25. The zero-order chi connectivity index (χ0) is 20.9. The first-order chi connectivity index (χ1) is 14.6. The van der Waals surface area contributed by atoms with Crippen molar-refractivity contribution in [1.29, 1.82) is 0 Å². The summed E-state index contributed by atoms with van der Waals surface area (Å²) in [5, 5.41) is 6.94. The molecule has 2 atom stereocenters. The first-order valence-electron chi connectivity index (χ1n) is 10.9. The van der Waals surface area contributed by atoms with Crippen LogP contribution in [0.5, 0.6) is 0 Å². The van der Waals surface area contributed by atoms with Crippen molar-refractivity contribution in [2.24, 2.45) is 11.8 Å². The molecule has 2 aromatic heterocycles. The molecule has 2 aliphatic rings. The Bertz CT molecular complexity index is 844. The average Bonchev–Trinajstić information content (AvgIpc) is 3.27. The first-order valence-corrected chi connectivity index (χ1v) is 11.3. The minimum absolute atomic E-state index is 0.517. The highest BCUT2D eigenvalue weighted by Crippen LogP contribution is 2.29. The predicted molar refractivity (Wildman–Crippen MR) is 126 cm³/mol. The van der Waals surface area contributed by atoms with Crippen molar-refractivity contribution >= 4 is 34.9 Å². The Morgan fingerprint density at radius 1 is 1.10 bits per heavy atom. The molecule has 2 saturated heterocycles. The van der Waals surface area contributed by atoms with Crippen LogP contribution in [0.4, 0.5) is 17.6 Å². The number of pyridine rings is 1. The molecule has 0 aromatic carbocycles. The Morgan fingerprint density at radius 3 is 2.47 bits per heavy atom. The van der Waals surface area contributed by atoms with Crippen LogP contribution in [0.25, 0.3) is 0 Å². The molecule has 160 valence electrons. The molecule has 4 rings (SSSR count). The summed E-state index contributed by atoms with van der Waals surface area (Å²) < 4.78 is 0. The van der Waals surface area contributed by atoms with Crippen LogP contribution >= 0.6 is 12.2 Å². The second kappa shape index (κ2) is 9.55. The zero-order valence-electron chi connectivity index (χ0n) is 17.8. The molecule has 0 aliphatic carbocycles. The molecule has 2 unspecified atom stereocenters. The maximum Gasteiger partial charge on any atom is 0.232 e. The summed E-state index contributed by atoms with van der Waals surface area (Å²) in [6.45, 7) is 9.41. The molecule has 30 heavy (non-hydrogen) atoms. The molecule has 0 bridgehead atoms. The Labute approximate surface area is 184 Å². The molecule has 0 spiro atoms. The summed E-state index contributed by atoms with van der Waals surface area (Å²) >= 11 is 5.50. The van der Waals surface area contributed by atoms with Crippen molar-refractivity contribution in [2.45, 2.75) is 39.7 Å². The summed E-state index contributed by atoms with van der Waals surface area (Å²) in [6.07, 6.45) is 7.29. The number of anilines is 3. The highest BCUT2D eigenvalue weighted by molar-refractivity contribution is 7.80. The van der Waals surface area contributed by atoms with Gasteiger partial charge in [0.05, 0.1) is 0 Å². The van der Waals surface area contributed by atoms with Crippen LogP contribution in [0.2, 0.25) is 0 Å². The largest absolute Gasteiger partial charge is 0.358 e. The topological polar surface area (TPSA) is 69.2 Å². The van der Waals surface area contributed by atoms with Gasteiger partial charge in [0.15, 0.2) is 5.11 Å². The molecule has 2 fully saturated rings. The van der Waals surface area contributed by atoms with E-state index in [-0.39, 0.29) is 0 Å². The van der Waals surface area contributed by atoms with E-state index in [0.29, 0.717) is 29.4 Å². The molecule has 0 saturated carbocycles. The number of rotatable bonds is 5. The molecule has 0 amide bonds. The summed E-state index contributed by atoms with van der Waals surface area (Å²) in [5.41, 5.74) is 1.07. The average molecular weight is 426 g/mol. The summed E-state index contributed by atoms with van der Waals surface area (Å²) in [5.74, 6) is 3.86. The fraction of sp³-hybridized carbons (Fsp3) is 0.545. The van der Waals surface area contributed by atoms with Gasteiger partial charge in [0.1, 0.15) is 11.6 Å². The van der Waals surface area contributed by atoms with E-state index in [1.54, 1.807) is 6.20 Å². The number of nitrogens with zero attached hydrogens (tertiary/aromatic N) is 5. The Hall–Kier alpha value is -2.48. The lowest BCUT2D eigenvalue weighted by molar-refractivity contribution is 0.355. The lowest BCUT2D eigenvalue weighted by atomic mass is 9.92. The van der Waals surface area contributed by atoms with Crippen molar-refractivity contribution in [3.05, 3.63) is 36.2 Å². The van der Waals surface area contributed by atoms with Crippen molar-refractivity contribution in [1.82, 2.24) is 20.3 Å². The molecular weight excluding hydrogens is 394 g/mol. The van der Waals surface area contributed by atoms with E-state index in [9.17, 15) is 0 Å². The first kappa shape index (κ1) is 20.8. The van der Waals surface area contributed by atoms with Crippen LogP contribution in [-0.2, 0) is 6.54 Å². The van der Waals surface area contributed by atoms with Crippen LogP contribution < -0.4 is 20.4 Å². The summed E-state index contributed by atoms with van der Waals surface area (Å²) in [4.78, 5) is 18.5. The number of hydrogen-bond acceptors (Lipinski definition) is 6. The van der Waals surface area contributed by atoms with Gasteiger partial charge in [-0.1, -0.05) is 19.9 Å². The van der Waals surface area contributed by atoms with Gasteiger partial charge in [-0.25, -0.2) is 0 Å². The molecule has 7 nitrogen and oxygen atoms in total. The predicted octanol–water partition coefficient (Wildman–Crippen LogP) is 3.44. The van der Waals surface area contributed by atoms with Crippen LogP contribution in [-0.4, -0.2) is 46.2 Å². The number of aromatic nitrogens is 3. The summed E-state index contributed by atoms with van der Waals surface area (Å²) in [6, 6.07) is 6.08. The Kier molecular flexibility index (Phi) is 6.62. The molecule has 2 aromatic rings. The number of hydrogen-bond donors (Lipinski definition) is 2. The van der Waals surface area contributed by atoms with Gasteiger partial charge in [0, 0.05) is 51.2 Å². The van der Waals surface area contributed by atoms with Gasteiger partial charge in [0.2, 0.25) is 5.95 Å². The maximum atomic E-state index is 5.50. The SMILES string of the molecule is CC1CC(C)CN(c2cc(N3CCCC3)nc(NC(=S)NCc3cccnc3)n2)C1. The lowest BCUT2D eigenvalue weighted by Crippen LogP contribution is -2.39. The zero-order valence-corrected chi connectivity index (χ0v) is 18.7. The number of piperidine rings is 1. The monoisotopic (exact) mass is 425 g/mol. The number of thiocarbonyl (C=S) groups is 1. The van der Waals surface area contributed by atoms with Gasteiger partial charge < -0.3 is 20.4 Å². The maximum absolute atomic E-state index is 5.50. The lowest BCUT2D eigenvalue weighted by Gasteiger charge is -2.36. The molecule has 0 radical (unpaired) electrons. The minimum atomic E-state index is 0.517. The standard InChI is InChI=1S/C22H31N7S/c1-16-10-17(2)15-29(14-16)20-11-19(28-8-3-4-9-28)25-21(26-20)27-22(30)24-13-18-6-5-7-23-12-18/h5-7,11-12,16-17H,3-4,8-10,13-15H2,1-2H3,(H2,24,25,26,27,30). The van der Waals surface area contributed by atoms with Crippen LogP contribution in [0, 0.1) is 11.8 Å². The smallest absolute Gasteiger partial charge is 0.232 e. The van der Waals surface area contributed by atoms with E-state index in [4.69, 9.17) is 22.2 Å². The van der Waals surface area contributed by atoms with Gasteiger partial charge in [-0.3, -0.25) is 4.98 Å². The second-order valence-electron chi connectivity index (χ2n) is 8.62. The molecular formula is C22H31N7S. The Balaban J connectivity index is 1.50. The van der Waals surface area contributed by atoms with Crippen molar-refractivity contribution in [2.75, 3.05) is 41.3 Å². The van der Waals surface area contributed by atoms with E-state index in [2.05, 4.69) is 45.3 Å². The van der Waals surface area contributed by atoms with Gasteiger partial charge in [0.25, 0.3) is 0 Å². The third kappa shape index (κ3) is 5.36. The quantitative estimate of drug-likeness (QED) is 0.706. The van der Waals surface area contributed by atoms with Gasteiger partial charge >= 0.3 is 0 Å². The van der Waals surface area contributed by atoms with E-state index in [0.717, 1.165) is 43.4 Å². The van der Waals surface area contributed by atoms with Crippen LogP contribution in [0.1, 0.15) is 38.7 Å². The van der Waals surface area contributed by atoms with Gasteiger partial charge in [-0.05, 0) is 54.9 Å². The Morgan fingerprint density at radius 2 is 1.80 bits per heavy atom. The molecule has 2 aliphatic heterocycles. The van der Waals surface area contributed by atoms with E-state index in [1.807, 2.05) is 18.3 Å².